The first-order valence-electron chi connectivity index (χ1n) is 11.1. The fourth-order valence-electron chi connectivity index (χ4n) is 4.15. The Labute approximate surface area is 187 Å². The number of likely N-dealkylation sites (tertiary alicyclic amines) is 1. The first kappa shape index (κ1) is 24.1. The van der Waals surface area contributed by atoms with E-state index >= 15 is 0 Å². The van der Waals surface area contributed by atoms with E-state index < -0.39 is 11.7 Å². The van der Waals surface area contributed by atoms with Crippen molar-refractivity contribution < 1.29 is 18.0 Å². The van der Waals surface area contributed by atoms with Crippen LogP contribution in [0.25, 0.3) is 0 Å². The number of amides is 1. The molecule has 1 N–H and O–H groups in total. The van der Waals surface area contributed by atoms with E-state index in [2.05, 4.69) is 28.4 Å². The Kier molecular flexibility index (Phi) is 8.17. The van der Waals surface area contributed by atoms with Gasteiger partial charge in [0.05, 0.1) is 5.56 Å². The Morgan fingerprint density at radius 2 is 1.84 bits per heavy atom. The van der Waals surface area contributed by atoms with Gasteiger partial charge in [0.1, 0.15) is 5.82 Å². The number of hydrogen-bond acceptors (Lipinski definition) is 5. The number of aromatic nitrogens is 1. The van der Waals surface area contributed by atoms with Crippen molar-refractivity contribution in [2.24, 2.45) is 0 Å². The van der Waals surface area contributed by atoms with E-state index in [1.54, 1.807) is 6.08 Å². The van der Waals surface area contributed by atoms with Gasteiger partial charge in [-0.3, -0.25) is 9.69 Å². The van der Waals surface area contributed by atoms with Crippen LogP contribution in [0.2, 0.25) is 0 Å². The molecule has 1 aromatic rings. The lowest BCUT2D eigenvalue weighted by molar-refractivity contribution is -0.137. The summed E-state index contributed by atoms with van der Waals surface area (Å²) in [6.45, 7) is 13.0. The second-order valence-corrected chi connectivity index (χ2v) is 8.36. The number of allylic oxidation sites excluding steroid dienone is 1. The van der Waals surface area contributed by atoms with Gasteiger partial charge < -0.3 is 15.1 Å². The van der Waals surface area contributed by atoms with Gasteiger partial charge in [-0.15, -0.1) is 0 Å². The molecule has 0 atom stereocenters. The van der Waals surface area contributed by atoms with Crippen molar-refractivity contribution in [1.29, 1.82) is 0 Å². The van der Waals surface area contributed by atoms with Gasteiger partial charge in [0, 0.05) is 63.6 Å². The number of anilines is 1. The minimum atomic E-state index is -4.37. The van der Waals surface area contributed by atoms with Crippen LogP contribution >= 0.6 is 0 Å². The van der Waals surface area contributed by atoms with Crippen LogP contribution in [0.4, 0.5) is 19.0 Å². The zero-order chi connectivity index (χ0) is 23.1. The topological polar surface area (TPSA) is 51.7 Å². The number of carbonyl (C=O) groups excluding carboxylic acids is 1. The lowest BCUT2D eigenvalue weighted by Crippen LogP contribution is -2.47. The fraction of sp³-hybridized carbons (Fsp3) is 0.565. The molecule has 2 saturated heterocycles. The highest BCUT2D eigenvalue weighted by Gasteiger charge is 2.31. The summed E-state index contributed by atoms with van der Waals surface area (Å²) in [4.78, 5) is 22.7. The summed E-state index contributed by atoms with van der Waals surface area (Å²) in [5.74, 6) is 0.779. The van der Waals surface area contributed by atoms with E-state index in [1.807, 2.05) is 9.80 Å². The zero-order valence-corrected chi connectivity index (χ0v) is 18.4. The molecule has 0 saturated carbocycles. The molecule has 0 radical (unpaired) electrons. The van der Waals surface area contributed by atoms with E-state index in [1.165, 1.54) is 6.07 Å². The molecule has 0 spiro atoms. The van der Waals surface area contributed by atoms with Crippen molar-refractivity contribution >= 4 is 11.7 Å². The van der Waals surface area contributed by atoms with Gasteiger partial charge in [-0.1, -0.05) is 13.2 Å². The molecule has 0 aliphatic carbocycles. The van der Waals surface area contributed by atoms with Gasteiger partial charge in [-0.2, -0.15) is 13.2 Å². The third kappa shape index (κ3) is 6.72. The largest absolute Gasteiger partial charge is 0.417 e. The summed E-state index contributed by atoms with van der Waals surface area (Å²) < 4.78 is 38.1. The van der Waals surface area contributed by atoms with Crippen LogP contribution in [-0.4, -0.2) is 72.5 Å². The second-order valence-electron chi connectivity index (χ2n) is 8.36. The molecule has 32 heavy (non-hydrogen) atoms. The maximum absolute atomic E-state index is 12.7. The normalized spacial score (nSPS) is 18.5. The number of piperidine rings is 1. The average molecular weight is 452 g/mol. The Hall–Kier alpha value is -2.55. The summed E-state index contributed by atoms with van der Waals surface area (Å²) in [6, 6.07) is 2.86. The number of alkyl halides is 3. The van der Waals surface area contributed by atoms with Gasteiger partial charge in [-0.25, -0.2) is 4.98 Å². The molecule has 1 amide bonds. The Morgan fingerprint density at radius 3 is 2.41 bits per heavy atom. The molecule has 0 unspecified atom stereocenters. The third-order valence-corrected chi connectivity index (χ3v) is 6.12. The summed E-state index contributed by atoms with van der Waals surface area (Å²) in [7, 11) is 0. The SMILES string of the molecule is C=CC(=C)NC1CCN(C(=O)CCCN2CCN(c3ccc(C(F)(F)F)cn3)CC2)CC1. The van der Waals surface area contributed by atoms with Gasteiger partial charge in [0.25, 0.3) is 0 Å². The van der Waals surface area contributed by atoms with Crippen molar-refractivity contribution in [2.75, 3.05) is 50.7 Å². The van der Waals surface area contributed by atoms with Gasteiger partial charge in [0.2, 0.25) is 5.91 Å². The average Bonchev–Trinajstić information content (AvgIpc) is 2.79. The van der Waals surface area contributed by atoms with E-state index in [0.717, 1.165) is 69.9 Å². The van der Waals surface area contributed by atoms with E-state index in [9.17, 15) is 18.0 Å². The van der Waals surface area contributed by atoms with Gasteiger partial charge >= 0.3 is 6.18 Å². The van der Waals surface area contributed by atoms with Crippen molar-refractivity contribution in [2.45, 2.75) is 37.9 Å². The number of hydrogen-bond donors (Lipinski definition) is 1. The van der Waals surface area contributed by atoms with Crippen LogP contribution in [0.3, 0.4) is 0 Å². The molecule has 3 rings (SSSR count). The summed E-state index contributed by atoms with van der Waals surface area (Å²) in [5.41, 5.74) is 0.0937. The molecule has 3 heterocycles. The number of piperazine rings is 1. The first-order chi connectivity index (χ1) is 15.3. The van der Waals surface area contributed by atoms with Crippen LogP contribution in [0, 0.1) is 0 Å². The Morgan fingerprint density at radius 1 is 1.16 bits per heavy atom. The Bertz CT molecular complexity index is 780. The smallest absolute Gasteiger partial charge is 0.383 e. The molecular weight excluding hydrogens is 419 g/mol. The second kappa shape index (κ2) is 10.8. The summed E-state index contributed by atoms with van der Waals surface area (Å²) in [5, 5.41) is 3.32. The minimum Gasteiger partial charge on any atom is -0.383 e. The molecule has 0 aromatic carbocycles. The van der Waals surface area contributed by atoms with Crippen molar-refractivity contribution in [3.8, 4) is 0 Å². The maximum atomic E-state index is 12.7. The maximum Gasteiger partial charge on any atom is 0.417 e. The predicted octanol–water partition coefficient (Wildman–Crippen LogP) is 3.28. The molecule has 2 aliphatic rings. The van der Waals surface area contributed by atoms with Crippen LogP contribution in [-0.2, 0) is 11.0 Å². The summed E-state index contributed by atoms with van der Waals surface area (Å²) in [6.07, 6.45) is 1.41. The lowest BCUT2D eigenvalue weighted by Gasteiger charge is -2.36. The van der Waals surface area contributed by atoms with E-state index in [0.29, 0.717) is 31.4 Å². The zero-order valence-electron chi connectivity index (χ0n) is 18.4. The number of nitrogens with zero attached hydrogens (tertiary/aromatic N) is 4. The quantitative estimate of drug-likeness (QED) is 0.615. The standard InChI is InChI=1S/C23H32F3N5O/c1-3-18(2)28-20-8-11-31(12-9-20)22(32)5-4-10-29-13-15-30(16-14-29)21-7-6-19(17-27-21)23(24,25)26/h3,6-7,17,20,28H,1-2,4-5,8-16H2. The highest BCUT2D eigenvalue weighted by atomic mass is 19.4. The van der Waals surface area contributed by atoms with Crippen LogP contribution in [0.15, 0.2) is 43.3 Å². The molecular formula is C23H32F3N5O. The molecule has 176 valence electrons. The minimum absolute atomic E-state index is 0.207. The molecule has 1 aromatic heterocycles. The first-order valence-corrected chi connectivity index (χ1v) is 11.1. The number of pyridine rings is 1. The summed E-state index contributed by atoms with van der Waals surface area (Å²) >= 11 is 0. The van der Waals surface area contributed by atoms with Crippen molar-refractivity contribution in [1.82, 2.24) is 20.1 Å². The molecule has 9 heteroatoms. The van der Waals surface area contributed by atoms with E-state index in [4.69, 9.17) is 0 Å². The van der Waals surface area contributed by atoms with Crippen molar-refractivity contribution in [3.63, 3.8) is 0 Å². The van der Waals surface area contributed by atoms with Gasteiger partial charge in [-0.05, 0) is 44.0 Å². The number of nitrogens with one attached hydrogen (secondary N) is 1. The fourth-order valence-corrected chi connectivity index (χ4v) is 4.15. The molecule has 2 aliphatic heterocycles. The van der Waals surface area contributed by atoms with Gasteiger partial charge in [0.15, 0.2) is 0 Å². The van der Waals surface area contributed by atoms with Crippen LogP contribution in [0.5, 0.6) is 0 Å². The molecule has 6 nitrogen and oxygen atoms in total. The lowest BCUT2D eigenvalue weighted by atomic mass is 10.0. The number of carbonyl (C=O) groups is 1. The third-order valence-electron chi connectivity index (χ3n) is 6.12. The van der Waals surface area contributed by atoms with E-state index in [-0.39, 0.29) is 5.91 Å². The van der Waals surface area contributed by atoms with Crippen molar-refractivity contribution in [3.05, 3.63) is 48.8 Å². The predicted molar refractivity (Wildman–Crippen MR) is 119 cm³/mol. The monoisotopic (exact) mass is 451 g/mol. The number of rotatable bonds is 8. The Balaban J connectivity index is 1.33. The molecule has 2 fully saturated rings. The van der Waals surface area contributed by atoms with Crippen LogP contribution in [0.1, 0.15) is 31.2 Å². The highest BCUT2D eigenvalue weighted by molar-refractivity contribution is 5.76. The molecule has 0 bridgehead atoms. The van der Waals surface area contributed by atoms with Crippen LogP contribution < -0.4 is 10.2 Å². The number of halogens is 3. The highest BCUT2D eigenvalue weighted by Crippen LogP contribution is 2.29.